The number of phenolic OH excluding ortho intramolecular Hbond substituents is 1. The largest absolute Gasteiger partial charge is 0.508 e. The van der Waals surface area contributed by atoms with Gasteiger partial charge < -0.3 is 5.11 Å². The molecule has 0 aromatic heterocycles. The topological polar surface area (TPSA) is 20.2 Å². The van der Waals surface area contributed by atoms with Gasteiger partial charge in [-0.25, -0.2) is 0 Å². The molecule has 0 bridgehead atoms. The van der Waals surface area contributed by atoms with E-state index in [1.165, 1.54) is 33.8 Å². The maximum absolute atomic E-state index is 10.0. The molecule has 0 spiro atoms. The molecule has 2 unspecified atom stereocenters. The molecule has 112 valence electrons. The van der Waals surface area contributed by atoms with Gasteiger partial charge in [-0.3, -0.25) is 0 Å². The van der Waals surface area contributed by atoms with E-state index < -0.39 is 0 Å². The SMILES string of the molecule is CC(C)P(CI)Cc1cc(O)cc2c1CP(C(C)C)C2. The molecule has 2 rings (SSSR count). The van der Waals surface area contributed by atoms with Crippen LogP contribution in [0.25, 0.3) is 0 Å². The number of hydrogen-bond acceptors (Lipinski definition) is 1. The molecular formula is C16H25IOP2. The summed E-state index contributed by atoms with van der Waals surface area (Å²) in [5.74, 6) is 0.478. The van der Waals surface area contributed by atoms with E-state index in [4.69, 9.17) is 0 Å². The number of halogens is 1. The van der Waals surface area contributed by atoms with Crippen LogP contribution in [0.2, 0.25) is 0 Å². The van der Waals surface area contributed by atoms with Crippen LogP contribution in [0.4, 0.5) is 0 Å². The van der Waals surface area contributed by atoms with Gasteiger partial charge in [0.15, 0.2) is 0 Å². The van der Waals surface area contributed by atoms with Crippen molar-refractivity contribution in [3.8, 4) is 5.75 Å². The lowest BCUT2D eigenvalue weighted by Crippen LogP contribution is -2.00. The molecule has 0 radical (unpaired) electrons. The molecule has 2 atom stereocenters. The van der Waals surface area contributed by atoms with E-state index in [1.54, 1.807) is 5.56 Å². The van der Waals surface area contributed by atoms with Crippen molar-refractivity contribution in [2.24, 2.45) is 0 Å². The molecule has 1 heterocycles. The molecule has 0 aliphatic carbocycles. The van der Waals surface area contributed by atoms with Gasteiger partial charge in [0.25, 0.3) is 0 Å². The van der Waals surface area contributed by atoms with E-state index in [9.17, 15) is 5.11 Å². The van der Waals surface area contributed by atoms with Crippen molar-refractivity contribution in [1.82, 2.24) is 0 Å². The Morgan fingerprint density at radius 1 is 1.25 bits per heavy atom. The highest BCUT2D eigenvalue weighted by atomic mass is 127. The second-order valence-corrected chi connectivity index (χ2v) is 13.9. The first-order chi connectivity index (χ1) is 9.42. The Balaban J connectivity index is 2.27. The van der Waals surface area contributed by atoms with Gasteiger partial charge in [-0.05, 0) is 58.6 Å². The number of hydrogen-bond donors (Lipinski definition) is 1. The minimum Gasteiger partial charge on any atom is -0.508 e. The Hall–Kier alpha value is 0.610. The fourth-order valence-corrected chi connectivity index (χ4v) is 9.60. The fourth-order valence-electron chi connectivity index (χ4n) is 2.69. The van der Waals surface area contributed by atoms with Crippen molar-refractivity contribution >= 4 is 38.4 Å². The predicted octanol–water partition coefficient (Wildman–Crippen LogP) is 6.08. The number of rotatable bonds is 5. The number of phenols is 1. The van der Waals surface area contributed by atoms with Gasteiger partial charge in [0.1, 0.15) is 5.75 Å². The van der Waals surface area contributed by atoms with Crippen LogP contribution in [0.1, 0.15) is 44.4 Å². The summed E-state index contributed by atoms with van der Waals surface area (Å²) in [5.41, 5.74) is 6.03. The van der Waals surface area contributed by atoms with E-state index in [2.05, 4.69) is 50.3 Å². The quantitative estimate of drug-likeness (QED) is 0.347. The second-order valence-electron chi connectivity index (χ2n) is 6.20. The van der Waals surface area contributed by atoms with Gasteiger partial charge in [0.05, 0.1) is 0 Å². The first-order valence-electron chi connectivity index (χ1n) is 7.30. The molecular weight excluding hydrogens is 397 g/mol. The molecule has 1 nitrogen and oxygen atoms in total. The van der Waals surface area contributed by atoms with Crippen LogP contribution < -0.4 is 0 Å². The van der Waals surface area contributed by atoms with Crippen LogP contribution in [0.3, 0.4) is 0 Å². The lowest BCUT2D eigenvalue weighted by molar-refractivity contribution is 0.474. The zero-order valence-corrected chi connectivity index (χ0v) is 16.8. The van der Waals surface area contributed by atoms with Crippen LogP contribution >= 0.6 is 38.4 Å². The Morgan fingerprint density at radius 2 is 1.95 bits per heavy atom. The van der Waals surface area contributed by atoms with Crippen LogP contribution in [0, 0.1) is 0 Å². The average molecular weight is 422 g/mol. The third-order valence-electron chi connectivity index (χ3n) is 4.14. The van der Waals surface area contributed by atoms with E-state index in [1.807, 2.05) is 12.1 Å². The van der Waals surface area contributed by atoms with Gasteiger partial charge in [0.2, 0.25) is 0 Å². The molecule has 4 heteroatoms. The van der Waals surface area contributed by atoms with E-state index >= 15 is 0 Å². The van der Waals surface area contributed by atoms with Crippen molar-refractivity contribution in [3.63, 3.8) is 0 Å². The lowest BCUT2D eigenvalue weighted by atomic mass is 10.0. The summed E-state index contributed by atoms with van der Waals surface area (Å²) in [6.07, 6.45) is 3.68. The summed E-state index contributed by atoms with van der Waals surface area (Å²) < 4.78 is 1.26. The van der Waals surface area contributed by atoms with Gasteiger partial charge in [-0.15, -0.1) is 0 Å². The first-order valence-corrected chi connectivity index (χ1v) is 12.4. The molecule has 1 aromatic carbocycles. The van der Waals surface area contributed by atoms with Crippen molar-refractivity contribution in [2.75, 3.05) is 4.17 Å². The fraction of sp³-hybridized carbons (Fsp3) is 0.625. The number of fused-ring (bicyclic) bond motifs is 1. The van der Waals surface area contributed by atoms with Gasteiger partial charge >= 0.3 is 0 Å². The third kappa shape index (κ3) is 3.87. The maximum Gasteiger partial charge on any atom is 0.116 e. The summed E-state index contributed by atoms with van der Waals surface area (Å²) in [7, 11) is 0.131. The highest BCUT2D eigenvalue weighted by Crippen LogP contribution is 2.57. The van der Waals surface area contributed by atoms with Crippen molar-refractivity contribution in [2.45, 2.75) is 57.5 Å². The highest BCUT2D eigenvalue weighted by Gasteiger charge is 2.27. The van der Waals surface area contributed by atoms with Gasteiger partial charge in [0, 0.05) is 4.17 Å². The summed E-state index contributed by atoms with van der Waals surface area (Å²) in [6, 6.07) is 4.06. The standard InChI is InChI=1S/C16H25IOP2/c1-11(2)19-7-13-5-15(18)6-14(16(13)9-19)8-20(10-17)12(3)4/h5-6,11-12,18H,7-10H2,1-4H3. The smallest absolute Gasteiger partial charge is 0.116 e. The Bertz CT molecular complexity index is 474. The molecule has 0 saturated heterocycles. The minimum atomic E-state index is 0.0405. The number of benzene rings is 1. The Morgan fingerprint density at radius 3 is 2.50 bits per heavy atom. The summed E-state index contributed by atoms with van der Waals surface area (Å²) in [6.45, 7) is 9.38. The lowest BCUT2D eigenvalue weighted by Gasteiger charge is -2.21. The van der Waals surface area contributed by atoms with Gasteiger partial charge in [-0.1, -0.05) is 66.1 Å². The molecule has 0 amide bonds. The van der Waals surface area contributed by atoms with Crippen molar-refractivity contribution in [3.05, 3.63) is 28.8 Å². The first kappa shape index (κ1) is 17.0. The van der Waals surface area contributed by atoms with Crippen LogP contribution in [-0.2, 0) is 18.5 Å². The van der Waals surface area contributed by atoms with Crippen molar-refractivity contribution in [1.29, 1.82) is 0 Å². The molecule has 1 N–H and O–H groups in total. The number of aromatic hydroxyl groups is 1. The zero-order chi connectivity index (χ0) is 14.9. The van der Waals surface area contributed by atoms with E-state index in [0.717, 1.165) is 11.3 Å². The van der Waals surface area contributed by atoms with Crippen LogP contribution in [-0.4, -0.2) is 20.6 Å². The van der Waals surface area contributed by atoms with Crippen molar-refractivity contribution < 1.29 is 5.11 Å². The average Bonchev–Trinajstić information content (AvgIpc) is 2.79. The predicted molar refractivity (Wildman–Crippen MR) is 102 cm³/mol. The molecule has 20 heavy (non-hydrogen) atoms. The molecule has 0 fully saturated rings. The summed E-state index contributed by atoms with van der Waals surface area (Å²) in [4.78, 5) is 0. The highest BCUT2D eigenvalue weighted by molar-refractivity contribution is 14.1. The molecule has 1 aliphatic rings. The third-order valence-corrected chi connectivity index (χ3v) is 12.2. The number of alkyl halides is 1. The second kappa shape index (κ2) is 7.25. The van der Waals surface area contributed by atoms with E-state index in [0.29, 0.717) is 5.75 Å². The maximum atomic E-state index is 10.0. The minimum absolute atomic E-state index is 0.0405. The van der Waals surface area contributed by atoms with Gasteiger partial charge in [-0.2, -0.15) is 0 Å². The zero-order valence-electron chi connectivity index (χ0n) is 12.9. The molecule has 1 aromatic rings. The normalized spacial score (nSPS) is 19.6. The Labute approximate surface area is 139 Å². The van der Waals surface area contributed by atoms with Crippen LogP contribution in [0.5, 0.6) is 5.75 Å². The van der Waals surface area contributed by atoms with Crippen LogP contribution in [0.15, 0.2) is 12.1 Å². The Kier molecular flexibility index (Phi) is 6.15. The summed E-state index contributed by atoms with van der Waals surface area (Å²) >= 11 is 2.53. The van der Waals surface area contributed by atoms with E-state index in [-0.39, 0.29) is 15.8 Å². The monoisotopic (exact) mass is 422 g/mol. The summed E-state index contributed by atoms with van der Waals surface area (Å²) in [5, 5.41) is 10.0. The molecule has 1 aliphatic heterocycles. The molecule has 0 saturated carbocycles.